The molecule has 1 aromatic carbocycles. The average Bonchev–Trinajstić information content (AvgIpc) is 2.92. The Morgan fingerprint density at radius 1 is 1.26 bits per heavy atom. The number of morpholine rings is 1. The zero-order valence-corrected chi connectivity index (χ0v) is 10.8. The predicted octanol–water partition coefficient (Wildman–Crippen LogP) is 1.46. The molecule has 0 radical (unpaired) electrons. The molecule has 1 aliphatic rings. The van der Waals surface area contributed by atoms with Crippen molar-refractivity contribution in [2.45, 2.75) is 6.92 Å². The summed E-state index contributed by atoms with van der Waals surface area (Å²) in [6.45, 7) is 4.94. The van der Waals surface area contributed by atoms with Gasteiger partial charge in [-0.25, -0.2) is 0 Å². The molecule has 1 aliphatic heterocycles. The van der Waals surface area contributed by atoms with Gasteiger partial charge in [-0.05, 0) is 24.2 Å². The second-order valence-corrected chi connectivity index (χ2v) is 4.59. The fourth-order valence-electron chi connectivity index (χ4n) is 2.07. The van der Waals surface area contributed by atoms with Gasteiger partial charge in [-0.2, -0.15) is 4.98 Å². The van der Waals surface area contributed by atoms with Gasteiger partial charge in [0.25, 0.3) is 11.8 Å². The van der Waals surface area contributed by atoms with Gasteiger partial charge in [-0.1, -0.05) is 11.6 Å². The maximum Gasteiger partial charge on any atom is 0.266 e. The summed E-state index contributed by atoms with van der Waals surface area (Å²) in [6.07, 6.45) is 0. The lowest BCUT2D eigenvalue weighted by molar-refractivity contribution is 0.121. The second-order valence-electron chi connectivity index (χ2n) is 4.59. The molecule has 6 heteroatoms. The van der Waals surface area contributed by atoms with Gasteiger partial charge >= 0.3 is 0 Å². The number of rotatable bonds is 2. The van der Waals surface area contributed by atoms with Crippen molar-refractivity contribution in [2.75, 3.05) is 36.9 Å². The van der Waals surface area contributed by atoms with Crippen LogP contribution in [0, 0.1) is 6.92 Å². The molecule has 0 aliphatic carbocycles. The molecule has 0 saturated carbocycles. The lowest BCUT2D eigenvalue weighted by Crippen LogP contribution is -2.36. The van der Waals surface area contributed by atoms with Gasteiger partial charge in [0.05, 0.1) is 18.8 Å². The minimum atomic E-state index is 0.461. The standard InChI is InChI=1S/C13H16N4O2/c1-9-2-3-11(14)10(8-9)12-15-13(16-19-12)17-4-6-18-7-5-17/h2-3,8H,4-7,14H2,1H3. The van der Waals surface area contributed by atoms with E-state index in [4.69, 9.17) is 15.0 Å². The van der Waals surface area contributed by atoms with Crippen LogP contribution in [0.1, 0.15) is 5.56 Å². The molecule has 0 bridgehead atoms. The van der Waals surface area contributed by atoms with E-state index in [1.165, 1.54) is 0 Å². The Kier molecular flexibility index (Phi) is 3.08. The van der Waals surface area contributed by atoms with Crippen molar-refractivity contribution in [2.24, 2.45) is 0 Å². The molecule has 1 aromatic heterocycles. The number of hydrogen-bond acceptors (Lipinski definition) is 6. The average molecular weight is 260 g/mol. The highest BCUT2D eigenvalue weighted by Gasteiger charge is 2.18. The summed E-state index contributed by atoms with van der Waals surface area (Å²) in [5.41, 5.74) is 8.48. The number of nitrogens with two attached hydrogens (primary N) is 1. The Bertz CT molecular complexity index is 576. The van der Waals surface area contributed by atoms with Crippen molar-refractivity contribution in [3.63, 3.8) is 0 Å². The Morgan fingerprint density at radius 3 is 2.84 bits per heavy atom. The molecule has 100 valence electrons. The molecule has 19 heavy (non-hydrogen) atoms. The fourth-order valence-corrected chi connectivity index (χ4v) is 2.07. The number of nitrogen functional groups attached to an aromatic ring is 1. The molecule has 3 rings (SSSR count). The van der Waals surface area contributed by atoms with Crippen LogP contribution >= 0.6 is 0 Å². The van der Waals surface area contributed by atoms with Crippen LogP contribution in [0.2, 0.25) is 0 Å². The molecule has 2 aromatic rings. The quantitative estimate of drug-likeness (QED) is 0.824. The van der Waals surface area contributed by atoms with E-state index in [1.54, 1.807) is 0 Å². The summed E-state index contributed by atoms with van der Waals surface area (Å²) < 4.78 is 10.6. The minimum absolute atomic E-state index is 0.461. The number of aryl methyl sites for hydroxylation is 1. The van der Waals surface area contributed by atoms with Crippen molar-refractivity contribution < 1.29 is 9.26 Å². The molecule has 1 saturated heterocycles. The van der Waals surface area contributed by atoms with Gasteiger partial charge in [-0.3, -0.25) is 0 Å². The van der Waals surface area contributed by atoms with Crippen molar-refractivity contribution in [1.82, 2.24) is 10.1 Å². The molecule has 0 atom stereocenters. The number of aromatic nitrogens is 2. The van der Waals surface area contributed by atoms with Gasteiger partial charge in [0.1, 0.15) is 0 Å². The van der Waals surface area contributed by atoms with E-state index in [9.17, 15) is 0 Å². The van der Waals surface area contributed by atoms with E-state index in [1.807, 2.05) is 30.0 Å². The van der Waals surface area contributed by atoms with Crippen molar-refractivity contribution in [1.29, 1.82) is 0 Å². The summed E-state index contributed by atoms with van der Waals surface area (Å²) >= 11 is 0. The summed E-state index contributed by atoms with van der Waals surface area (Å²) in [4.78, 5) is 6.46. The van der Waals surface area contributed by atoms with E-state index in [-0.39, 0.29) is 0 Å². The van der Waals surface area contributed by atoms with Crippen LogP contribution in [0.25, 0.3) is 11.5 Å². The summed E-state index contributed by atoms with van der Waals surface area (Å²) in [5, 5.41) is 4.02. The van der Waals surface area contributed by atoms with E-state index < -0.39 is 0 Å². The van der Waals surface area contributed by atoms with Crippen molar-refractivity contribution in [3.8, 4) is 11.5 Å². The third kappa shape index (κ3) is 2.39. The highest BCUT2D eigenvalue weighted by Crippen LogP contribution is 2.27. The Labute approximate surface area is 111 Å². The van der Waals surface area contributed by atoms with Crippen LogP contribution < -0.4 is 10.6 Å². The maximum absolute atomic E-state index is 5.95. The first-order valence-electron chi connectivity index (χ1n) is 6.27. The van der Waals surface area contributed by atoms with Crippen LogP contribution in [0.4, 0.5) is 11.6 Å². The second kappa shape index (κ2) is 4.89. The van der Waals surface area contributed by atoms with Crippen LogP contribution in [0.5, 0.6) is 0 Å². The molecule has 0 spiro atoms. The first-order chi connectivity index (χ1) is 9.24. The largest absolute Gasteiger partial charge is 0.398 e. The lowest BCUT2D eigenvalue weighted by atomic mass is 10.1. The normalized spacial score (nSPS) is 15.7. The molecule has 1 fully saturated rings. The number of ether oxygens (including phenoxy) is 1. The minimum Gasteiger partial charge on any atom is -0.398 e. The predicted molar refractivity (Wildman–Crippen MR) is 71.9 cm³/mol. The molecule has 0 unspecified atom stereocenters. The SMILES string of the molecule is Cc1ccc(N)c(-c2nc(N3CCOCC3)no2)c1. The number of benzene rings is 1. The molecular formula is C13H16N4O2. The molecule has 6 nitrogen and oxygen atoms in total. The first kappa shape index (κ1) is 12.0. The Hall–Kier alpha value is -2.08. The Morgan fingerprint density at radius 2 is 2.05 bits per heavy atom. The van der Waals surface area contributed by atoms with Crippen molar-refractivity contribution >= 4 is 11.6 Å². The van der Waals surface area contributed by atoms with E-state index in [0.717, 1.165) is 24.2 Å². The summed E-state index contributed by atoms with van der Waals surface area (Å²) in [6, 6.07) is 5.76. The lowest BCUT2D eigenvalue weighted by Gasteiger charge is -2.24. The van der Waals surface area contributed by atoms with E-state index >= 15 is 0 Å². The number of nitrogens with zero attached hydrogens (tertiary/aromatic N) is 3. The van der Waals surface area contributed by atoms with Gasteiger partial charge in [0.15, 0.2) is 0 Å². The third-order valence-corrected chi connectivity index (χ3v) is 3.15. The van der Waals surface area contributed by atoms with Gasteiger partial charge in [-0.15, -0.1) is 0 Å². The smallest absolute Gasteiger partial charge is 0.266 e. The molecule has 2 N–H and O–H groups in total. The highest BCUT2D eigenvalue weighted by atomic mass is 16.5. The highest BCUT2D eigenvalue weighted by molar-refractivity contribution is 5.71. The van der Waals surface area contributed by atoms with Gasteiger partial charge in [0, 0.05) is 18.8 Å². The van der Waals surface area contributed by atoms with E-state index in [2.05, 4.69) is 10.1 Å². The summed E-state index contributed by atoms with van der Waals surface area (Å²) in [5.74, 6) is 1.06. The zero-order chi connectivity index (χ0) is 13.2. The first-order valence-corrected chi connectivity index (χ1v) is 6.27. The number of anilines is 2. The Balaban J connectivity index is 1.89. The van der Waals surface area contributed by atoms with Gasteiger partial charge in [0.2, 0.25) is 0 Å². The molecule has 2 heterocycles. The van der Waals surface area contributed by atoms with Crippen molar-refractivity contribution in [3.05, 3.63) is 23.8 Å². The van der Waals surface area contributed by atoms with Crippen LogP contribution in [0.3, 0.4) is 0 Å². The topological polar surface area (TPSA) is 77.4 Å². The molecular weight excluding hydrogens is 244 g/mol. The van der Waals surface area contributed by atoms with Gasteiger partial charge < -0.3 is 19.9 Å². The van der Waals surface area contributed by atoms with Crippen LogP contribution in [-0.4, -0.2) is 36.4 Å². The monoisotopic (exact) mass is 260 g/mol. The van der Waals surface area contributed by atoms with Crippen LogP contribution in [0.15, 0.2) is 22.7 Å². The van der Waals surface area contributed by atoms with E-state index in [0.29, 0.717) is 30.7 Å². The zero-order valence-electron chi connectivity index (χ0n) is 10.8. The summed E-state index contributed by atoms with van der Waals surface area (Å²) in [7, 11) is 0. The molecule has 0 amide bonds. The number of hydrogen-bond donors (Lipinski definition) is 1. The fraction of sp³-hybridized carbons (Fsp3) is 0.385. The third-order valence-electron chi connectivity index (χ3n) is 3.15. The maximum atomic E-state index is 5.95. The van der Waals surface area contributed by atoms with Crippen LogP contribution in [-0.2, 0) is 4.74 Å².